The molecule has 0 saturated carbocycles. The lowest BCUT2D eigenvalue weighted by Gasteiger charge is -2.10. The van der Waals surface area contributed by atoms with E-state index in [4.69, 9.17) is 9.47 Å². The molecule has 24 heavy (non-hydrogen) atoms. The van der Waals surface area contributed by atoms with Crippen LogP contribution in [0.2, 0.25) is 0 Å². The molecule has 0 atom stereocenters. The van der Waals surface area contributed by atoms with Gasteiger partial charge < -0.3 is 14.8 Å². The van der Waals surface area contributed by atoms with Gasteiger partial charge in [-0.15, -0.1) is 0 Å². The van der Waals surface area contributed by atoms with Crippen LogP contribution >= 0.6 is 0 Å². The molecule has 1 amide bonds. The third kappa shape index (κ3) is 3.38. The largest absolute Gasteiger partial charge is 0.497 e. The lowest BCUT2D eigenvalue weighted by atomic mass is 10.1. The summed E-state index contributed by atoms with van der Waals surface area (Å²) in [5, 5.41) is 7.02. The third-order valence-electron chi connectivity index (χ3n) is 3.51. The Morgan fingerprint density at radius 2 is 1.71 bits per heavy atom. The van der Waals surface area contributed by atoms with Crippen molar-refractivity contribution in [2.75, 3.05) is 19.5 Å². The van der Waals surface area contributed by atoms with Gasteiger partial charge in [-0.3, -0.25) is 4.79 Å². The van der Waals surface area contributed by atoms with E-state index < -0.39 is 0 Å². The monoisotopic (exact) mass is 323 g/mol. The summed E-state index contributed by atoms with van der Waals surface area (Å²) in [7, 11) is 3.09. The fourth-order valence-electron chi connectivity index (χ4n) is 2.26. The summed E-state index contributed by atoms with van der Waals surface area (Å²) in [6.45, 7) is 0. The van der Waals surface area contributed by atoms with Gasteiger partial charge in [0.25, 0.3) is 5.91 Å². The Morgan fingerprint density at radius 3 is 2.25 bits per heavy atom. The highest BCUT2D eigenvalue weighted by Crippen LogP contribution is 2.23. The van der Waals surface area contributed by atoms with Crippen molar-refractivity contribution in [2.24, 2.45) is 0 Å². The van der Waals surface area contributed by atoms with Crippen molar-refractivity contribution in [3.8, 4) is 17.2 Å². The van der Waals surface area contributed by atoms with E-state index >= 15 is 0 Å². The molecule has 3 rings (SSSR count). The molecule has 6 heteroatoms. The SMILES string of the molecule is COc1cc(OC)cc(C(=O)Nc2ccc(-n3cccn3)cc2)c1. The van der Waals surface area contributed by atoms with Crippen LogP contribution < -0.4 is 14.8 Å². The maximum Gasteiger partial charge on any atom is 0.255 e. The molecule has 3 aromatic rings. The number of carbonyl (C=O) groups is 1. The summed E-state index contributed by atoms with van der Waals surface area (Å²) < 4.78 is 12.1. The molecular weight excluding hydrogens is 306 g/mol. The van der Waals surface area contributed by atoms with Crippen LogP contribution in [-0.4, -0.2) is 29.9 Å². The second kappa shape index (κ2) is 6.87. The minimum absolute atomic E-state index is 0.237. The average molecular weight is 323 g/mol. The smallest absolute Gasteiger partial charge is 0.255 e. The first-order valence-electron chi connectivity index (χ1n) is 7.34. The Balaban J connectivity index is 1.77. The zero-order chi connectivity index (χ0) is 16.9. The fourth-order valence-corrected chi connectivity index (χ4v) is 2.26. The number of nitrogens with zero attached hydrogens (tertiary/aromatic N) is 2. The van der Waals surface area contributed by atoms with Crippen molar-refractivity contribution in [2.45, 2.75) is 0 Å². The van der Waals surface area contributed by atoms with Crippen LogP contribution in [0.5, 0.6) is 11.5 Å². The quantitative estimate of drug-likeness (QED) is 0.783. The Bertz CT molecular complexity index is 805. The third-order valence-corrected chi connectivity index (χ3v) is 3.51. The van der Waals surface area contributed by atoms with Crippen LogP contribution in [-0.2, 0) is 0 Å². The van der Waals surface area contributed by atoms with Gasteiger partial charge >= 0.3 is 0 Å². The normalized spacial score (nSPS) is 10.2. The molecule has 122 valence electrons. The number of hydrogen-bond donors (Lipinski definition) is 1. The van der Waals surface area contributed by atoms with E-state index in [1.807, 2.05) is 36.5 Å². The van der Waals surface area contributed by atoms with Gasteiger partial charge in [-0.2, -0.15) is 5.10 Å². The molecule has 0 bridgehead atoms. The van der Waals surface area contributed by atoms with E-state index in [1.165, 1.54) is 0 Å². The number of methoxy groups -OCH3 is 2. The summed E-state index contributed by atoms with van der Waals surface area (Å²) in [4.78, 5) is 12.4. The number of ether oxygens (including phenoxy) is 2. The molecule has 6 nitrogen and oxygen atoms in total. The maximum absolute atomic E-state index is 12.4. The van der Waals surface area contributed by atoms with Crippen LogP contribution in [0.25, 0.3) is 5.69 Å². The summed E-state index contributed by atoms with van der Waals surface area (Å²) in [6.07, 6.45) is 3.57. The van der Waals surface area contributed by atoms with Crippen LogP contribution in [0.1, 0.15) is 10.4 Å². The predicted octanol–water partition coefficient (Wildman–Crippen LogP) is 3.14. The van der Waals surface area contributed by atoms with Gasteiger partial charge in [0.2, 0.25) is 0 Å². The fraction of sp³-hybridized carbons (Fsp3) is 0.111. The Kier molecular flexibility index (Phi) is 4.47. The number of amides is 1. The summed E-state index contributed by atoms with van der Waals surface area (Å²) >= 11 is 0. The average Bonchev–Trinajstić information content (AvgIpc) is 3.16. The van der Waals surface area contributed by atoms with Crippen molar-refractivity contribution < 1.29 is 14.3 Å². The van der Waals surface area contributed by atoms with Gasteiger partial charge in [-0.05, 0) is 42.5 Å². The number of benzene rings is 2. The maximum atomic E-state index is 12.4. The lowest BCUT2D eigenvalue weighted by Crippen LogP contribution is -2.12. The molecule has 0 aliphatic rings. The van der Waals surface area contributed by atoms with Gasteiger partial charge in [0, 0.05) is 29.7 Å². The molecule has 0 aliphatic carbocycles. The Morgan fingerprint density at radius 1 is 1.04 bits per heavy atom. The lowest BCUT2D eigenvalue weighted by molar-refractivity contribution is 0.102. The molecule has 2 aromatic carbocycles. The van der Waals surface area contributed by atoms with Crippen LogP contribution in [0.15, 0.2) is 60.9 Å². The summed E-state index contributed by atoms with van der Waals surface area (Å²) in [6, 6.07) is 14.3. The van der Waals surface area contributed by atoms with Gasteiger partial charge in [-0.1, -0.05) is 0 Å². The zero-order valence-electron chi connectivity index (χ0n) is 13.4. The minimum atomic E-state index is -0.237. The summed E-state index contributed by atoms with van der Waals surface area (Å²) in [5.41, 5.74) is 2.07. The molecular formula is C18H17N3O3. The molecule has 0 spiro atoms. The zero-order valence-corrected chi connectivity index (χ0v) is 13.4. The highest BCUT2D eigenvalue weighted by Gasteiger charge is 2.10. The second-order valence-corrected chi connectivity index (χ2v) is 5.05. The van der Waals surface area contributed by atoms with Crippen molar-refractivity contribution in [1.82, 2.24) is 9.78 Å². The number of hydrogen-bond acceptors (Lipinski definition) is 4. The van der Waals surface area contributed by atoms with E-state index in [2.05, 4.69) is 10.4 Å². The van der Waals surface area contributed by atoms with Crippen molar-refractivity contribution in [1.29, 1.82) is 0 Å². The second-order valence-electron chi connectivity index (χ2n) is 5.05. The molecule has 1 heterocycles. The first-order valence-corrected chi connectivity index (χ1v) is 7.34. The number of nitrogens with one attached hydrogen (secondary N) is 1. The minimum Gasteiger partial charge on any atom is -0.497 e. The van der Waals surface area contributed by atoms with Crippen molar-refractivity contribution in [3.05, 3.63) is 66.5 Å². The van der Waals surface area contributed by atoms with Crippen molar-refractivity contribution >= 4 is 11.6 Å². The molecule has 0 unspecified atom stereocenters. The van der Waals surface area contributed by atoms with Crippen LogP contribution in [0.3, 0.4) is 0 Å². The van der Waals surface area contributed by atoms with E-state index in [0.717, 1.165) is 5.69 Å². The predicted molar refractivity (Wildman–Crippen MR) is 91.1 cm³/mol. The van der Waals surface area contributed by atoms with E-state index in [1.54, 1.807) is 43.3 Å². The number of rotatable bonds is 5. The Labute approximate surface area is 139 Å². The highest BCUT2D eigenvalue weighted by molar-refractivity contribution is 6.04. The van der Waals surface area contributed by atoms with Gasteiger partial charge in [0.15, 0.2) is 0 Å². The standard InChI is InChI=1S/C18H17N3O3/c1-23-16-10-13(11-17(12-16)24-2)18(22)20-14-4-6-15(7-5-14)21-9-3-8-19-21/h3-12H,1-2H3,(H,20,22). The number of carbonyl (C=O) groups excluding carboxylic acids is 1. The highest BCUT2D eigenvalue weighted by atomic mass is 16.5. The Hall–Kier alpha value is -3.28. The first-order chi connectivity index (χ1) is 11.7. The van der Waals surface area contributed by atoms with Gasteiger partial charge in [0.1, 0.15) is 11.5 Å². The van der Waals surface area contributed by atoms with E-state index in [0.29, 0.717) is 22.7 Å². The molecule has 0 radical (unpaired) electrons. The van der Waals surface area contributed by atoms with E-state index in [-0.39, 0.29) is 5.91 Å². The molecule has 0 aliphatic heterocycles. The molecule has 1 N–H and O–H groups in total. The molecule has 0 saturated heterocycles. The number of aromatic nitrogens is 2. The molecule has 0 fully saturated rings. The van der Waals surface area contributed by atoms with Crippen molar-refractivity contribution in [3.63, 3.8) is 0 Å². The number of anilines is 1. The van der Waals surface area contributed by atoms with Crippen LogP contribution in [0.4, 0.5) is 5.69 Å². The van der Waals surface area contributed by atoms with E-state index in [9.17, 15) is 4.79 Å². The first kappa shape index (κ1) is 15.6. The molecule has 1 aromatic heterocycles. The van der Waals surface area contributed by atoms with Gasteiger partial charge in [-0.25, -0.2) is 4.68 Å². The van der Waals surface area contributed by atoms with Gasteiger partial charge in [0.05, 0.1) is 19.9 Å². The summed E-state index contributed by atoms with van der Waals surface area (Å²) in [5.74, 6) is 0.890. The van der Waals surface area contributed by atoms with Crippen LogP contribution in [0, 0.1) is 0 Å². The topological polar surface area (TPSA) is 65.4 Å².